The molecule has 0 spiro atoms. The van der Waals surface area contributed by atoms with E-state index in [-0.39, 0.29) is 11.4 Å². The summed E-state index contributed by atoms with van der Waals surface area (Å²) in [5.41, 5.74) is 11.8. The average Bonchev–Trinajstić information content (AvgIpc) is 2.32. The Kier molecular flexibility index (Phi) is 2.86. The van der Waals surface area contributed by atoms with Gasteiger partial charge in [0.2, 0.25) is 0 Å². The summed E-state index contributed by atoms with van der Waals surface area (Å²) in [5.74, 6) is 0. The van der Waals surface area contributed by atoms with Gasteiger partial charge >= 0.3 is 6.18 Å². The van der Waals surface area contributed by atoms with Crippen LogP contribution >= 0.6 is 0 Å². The van der Waals surface area contributed by atoms with E-state index in [0.29, 0.717) is 11.1 Å². The Hall–Kier alpha value is -2.24. The number of pyridine rings is 1. The molecule has 1 heterocycles. The minimum atomic E-state index is -4.39. The fourth-order valence-electron chi connectivity index (χ4n) is 1.58. The third-order valence-corrected chi connectivity index (χ3v) is 2.52. The second-order valence-corrected chi connectivity index (χ2v) is 3.77. The summed E-state index contributed by atoms with van der Waals surface area (Å²) < 4.78 is 37.8. The molecule has 3 nitrogen and oxygen atoms in total. The molecular weight excluding hydrogens is 243 g/mol. The van der Waals surface area contributed by atoms with Gasteiger partial charge in [0.1, 0.15) is 0 Å². The highest BCUT2D eigenvalue weighted by Crippen LogP contribution is 2.34. The van der Waals surface area contributed by atoms with Gasteiger partial charge in [-0.15, -0.1) is 0 Å². The molecule has 0 unspecified atom stereocenters. The van der Waals surface area contributed by atoms with Gasteiger partial charge in [-0.3, -0.25) is 4.98 Å². The van der Waals surface area contributed by atoms with Crippen LogP contribution in [0.2, 0.25) is 0 Å². The molecule has 1 aromatic carbocycles. The maximum Gasteiger partial charge on any atom is 0.416 e. The van der Waals surface area contributed by atoms with E-state index in [2.05, 4.69) is 4.98 Å². The molecule has 0 saturated carbocycles. The van der Waals surface area contributed by atoms with E-state index in [4.69, 9.17) is 11.5 Å². The fraction of sp³-hybridized carbons (Fsp3) is 0.0833. The van der Waals surface area contributed by atoms with Crippen LogP contribution in [0.1, 0.15) is 5.56 Å². The highest BCUT2D eigenvalue weighted by molar-refractivity contribution is 5.83. The highest BCUT2D eigenvalue weighted by Gasteiger charge is 2.30. The van der Waals surface area contributed by atoms with E-state index < -0.39 is 11.7 Å². The van der Waals surface area contributed by atoms with Crippen LogP contribution in [0.4, 0.5) is 24.5 Å². The predicted octanol–water partition coefficient (Wildman–Crippen LogP) is 2.93. The van der Waals surface area contributed by atoms with Crippen molar-refractivity contribution in [1.82, 2.24) is 4.98 Å². The van der Waals surface area contributed by atoms with Gasteiger partial charge in [-0.25, -0.2) is 0 Å². The number of rotatable bonds is 1. The van der Waals surface area contributed by atoms with Gasteiger partial charge in [0.05, 0.1) is 23.1 Å². The Morgan fingerprint density at radius 1 is 1.06 bits per heavy atom. The third kappa shape index (κ3) is 2.22. The molecule has 2 rings (SSSR count). The maximum absolute atomic E-state index is 12.6. The van der Waals surface area contributed by atoms with Crippen molar-refractivity contribution in [3.05, 3.63) is 42.2 Å². The van der Waals surface area contributed by atoms with E-state index in [1.807, 2.05) is 0 Å². The number of hydrogen-bond acceptors (Lipinski definition) is 3. The molecule has 0 aliphatic carbocycles. The molecule has 94 valence electrons. The highest BCUT2D eigenvalue weighted by atomic mass is 19.4. The van der Waals surface area contributed by atoms with E-state index in [0.717, 1.165) is 12.1 Å². The van der Waals surface area contributed by atoms with E-state index in [9.17, 15) is 13.2 Å². The SMILES string of the molecule is Nc1cncc(-c2cccc(C(F)(F)F)c2)c1N. The Morgan fingerprint density at radius 2 is 1.78 bits per heavy atom. The van der Waals surface area contributed by atoms with Crippen molar-refractivity contribution >= 4 is 11.4 Å². The molecule has 0 aliphatic rings. The lowest BCUT2D eigenvalue weighted by Gasteiger charge is -2.11. The third-order valence-electron chi connectivity index (χ3n) is 2.52. The van der Waals surface area contributed by atoms with E-state index in [1.165, 1.54) is 24.5 Å². The topological polar surface area (TPSA) is 64.9 Å². The van der Waals surface area contributed by atoms with Crippen molar-refractivity contribution in [2.45, 2.75) is 6.18 Å². The number of nitrogen functional groups attached to an aromatic ring is 2. The maximum atomic E-state index is 12.6. The van der Waals surface area contributed by atoms with Gasteiger partial charge in [-0.05, 0) is 17.7 Å². The van der Waals surface area contributed by atoms with Crippen LogP contribution in [0, 0.1) is 0 Å². The minimum absolute atomic E-state index is 0.226. The number of benzene rings is 1. The van der Waals surface area contributed by atoms with Crippen molar-refractivity contribution < 1.29 is 13.2 Å². The van der Waals surface area contributed by atoms with Crippen LogP contribution < -0.4 is 11.5 Å². The summed E-state index contributed by atoms with van der Waals surface area (Å²) in [7, 11) is 0. The quantitative estimate of drug-likeness (QED) is 0.821. The van der Waals surface area contributed by atoms with Crippen LogP contribution in [-0.4, -0.2) is 4.98 Å². The van der Waals surface area contributed by atoms with Crippen molar-refractivity contribution in [3.63, 3.8) is 0 Å². The number of aromatic nitrogens is 1. The predicted molar refractivity (Wildman–Crippen MR) is 63.5 cm³/mol. The molecule has 0 amide bonds. The number of nitrogens with two attached hydrogens (primary N) is 2. The number of alkyl halides is 3. The fourth-order valence-corrected chi connectivity index (χ4v) is 1.58. The standard InChI is InChI=1S/C12H10F3N3/c13-12(14,15)8-3-1-2-7(4-8)9-5-18-6-10(16)11(9)17/h1-6H,16H2,(H2,17,18). The monoisotopic (exact) mass is 253 g/mol. The van der Waals surface area contributed by atoms with Crippen molar-refractivity contribution in [2.75, 3.05) is 11.5 Å². The van der Waals surface area contributed by atoms with Gasteiger partial charge < -0.3 is 11.5 Å². The molecule has 18 heavy (non-hydrogen) atoms. The largest absolute Gasteiger partial charge is 0.416 e. The summed E-state index contributed by atoms with van der Waals surface area (Å²) in [5, 5.41) is 0. The molecular formula is C12H10F3N3. The summed E-state index contributed by atoms with van der Waals surface area (Å²) >= 11 is 0. The number of anilines is 2. The molecule has 1 aromatic heterocycles. The lowest BCUT2D eigenvalue weighted by Crippen LogP contribution is -2.05. The van der Waals surface area contributed by atoms with E-state index in [1.54, 1.807) is 0 Å². The first-order valence-electron chi connectivity index (χ1n) is 5.06. The molecule has 0 aliphatic heterocycles. The number of hydrogen-bond donors (Lipinski definition) is 2. The smallest absolute Gasteiger partial charge is 0.396 e. The zero-order valence-corrected chi connectivity index (χ0v) is 9.20. The zero-order chi connectivity index (χ0) is 13.3. The number of nitrogens with zero attached hydrogens (tertiary/aromatic N) is 1. The minimum Gasteiger partial charge on any atom is -0.396 e. The van der Waals surface area contributed by atoms with Gasteiger partial charge in [-0.1, -0.05) is 12.1 Å². The first kappa shape index (κ1) is 12.2. The molecule has 0 saturated heterocycles. The Labute approximate surface area is 101 Å². The number of halogens is 3. The second kappa shape index (κ2) is 4.21. The molecule has 6 heteroatoms. The van der Waals surface area contributed by atoms with Gasteiger partial charge in [0.25, 0.3) is 0 Å². The van der Waals surface area contributed by atoms with Crippen molar-refractivity contribution in [1.29, 1.82) is 0 Å². The summed E-state index contributed by atoms with van der Waals surface area (Å²) in [6.07, 6.45) is -1.65. The summed E-state index contributed by atoms with van der Waals surface area (Å²) in [4.78, 5) is 3.83. The lowest BCUT2D eigenvalue weighted by molar-refractivity contribution is -0.137. The Morgan fingerprint density at radius 3 is 2.44 bits per heavy atom. The Bertz CT molecular complexity index is 579. The molecule has 4 N–H and O–H groups in total. The van der Waals surface area contributed by atoms with Crippen molar-refractivity contribution in [3.8, 4) is 11.1 Å². The normalized spacial score (nSPS) is 11.5. The molecule has 0 bridgehead atoms. The summed E-state index contributed by atoms with van der Waals surface area (Å²) in [6, 6.07) is 4.87. The zero-order valence-electron chi connectivity index (χ0n) is 9.20. The van der Waals surface area contributed by atoms with Crippen LogP contribution in [0.15, 0.2) is 36.7 Å². The molecule has 0 fully saturated rings. The lowest BCUT2D eigenvalue weighted by atomic mass is 10.0. The molecule has 0 radical (unpaired) electrons. The van der Waals surface area contributed by atoms with E-state index >= 15 is 0 Å². The van der Waals surface area contributed by atoms with Gasteiger partial charge in [-0.2, -0.15) is 13.2 Å². The van der Waals surface area contributed by atoms with Crippen LogP contribution in [0.5, 0.6) is 0 Å². The van der Waals surface area contributed by atoms with Crippen LogP contribution in [0.3, 0.4) is 0 Å². The Balaban J connectivity index is 2.55. The average molecular weight is 253 g/mol. The summed E-state index contributed by atoms with van der Waals surface area (Å²) in [6.45, 7) is 0. The van der Waals surface area contributed by atoms with Crippen molar-refractivity contribution in [2.24, 2.45) is 0 Å². The molecule has 0 atom stereocenters. The first-order valence-corrected chi connectivity index (χ1v) is 5.06. The van der Waals surface area contributed by atoms with Gasteiger partial charge in [0.15, 0.2) is 0 Å². The van der Waals surface area contributed by atoms with Gasteiger partial charge in [0, 0.05) is 11.8 Å². The molecule has 2 aromatic rings. The second-order valence-electron chi connectivity index (χ2n) is 3.77. The first-order chi connectivity index (χ1) is 8.39. The van der Waals surface area contributed by atoms with Crippen LogP contribution in [-0.2, 0) is 6.18 Å². The van der Waals surface area contributed by atoms with Crippen LogP contribution in [0.25, 0.3) is 11.1 Å².